The molecule has 21 heavy (non-hydrogen) atoms. The lowest BCUT2D eigenvalue weighted by atomic mass is 10.0. The fourth-order valence-corrected chi connectivity index (χ4v) is 2.20. The van der Waals surface area contributed by atoms with E-state index >= 15 is 0 Å². The van der Waals surface area contributed by atoms with Crippen LogP contribution < -0.4 is 10.6 Å². The minimum Gasteiger partial charge on any atom is -0.460 e. The Hall–Kier alpha value is -1.55. The highest BCUT2D eigenvalue weighted by Gasteiger charge is 2.19. The summed E-state index contributed by atoms with van der Waals surface area (Å²) in [7, 11) is 0. The standard InChI is InChI=1S/C17H28N2O2/c1-6-19(7-2)14-10-8-13(9-11-14)15(18)12-16(20)21-17(3,4)5/h8-11,15H,6-7,12,18H2,1-5H3/t15-/m1/s1. The second-order valence-corrected chi connectivity index (χ2v) is 6.16. The summed E-state index contributed by atoms with van der Waals surface area (Å²) in [6.45, 7) is 11.8. The van der Waals surface area contributed by atoms with Crippen molar-refractivity contribution in [2.24, 2.45) is 5.73 Å². The smallest absolute Gasteiger partial charge is 0.308 e. The number of carbonyl (C=O) groups excluding carboxylic acids is 1. The summed E-state index contributed by atoms with van der Waals surface area (Å²) in [6, 6.07) is 7.76. The number of anilines is 1. The van der Waals surface area contributed by atoms with E-state index in [-0.39, 0.29) is 18.4 Å². The fraction of sp³-hybridized carbons (Fsp3) is 0.588. The SMILES string of the molecule is CCN(CC)c1ccc([C@H](N)CC(=O)OC(C)(C)C)cc1. The number of hydrogen-bond acceptors (Lipinski definition) is 4. The number of benzene rings is 1. The molecule has 1 aromatic rings. The van der Waals surface area contributed by atoms with E-state index in [4.69, 9.17) is 10.5 Å². The number of ether oxygens (including phenoxy) is 1. The van der Waals surface area contributed by atoms with Crippen LogP contribution in [0.25, 0.3) is 0 Å². The molecule has 0 unspecified atom stereocenters. The molecule has 0 heterocycles. The maximum atomic E-state index is 11.8. The summed E-state index contributed by atoms with van der Waals surface area (Å²) in [4.78, 5) is 14.1. The quantitative estimate of drug-likeness (QED) is 0.818. The molecule has 1 rings (SSSR count). The highest BCUT2D eigenvalue weighted by atomic mass is 16.6. The van der Waals surface area contributed by atoms with Gasteiger partial charge in [0.15, 0.2) is 0 Å². The third kappa shape index (κ3) is 5.76. The van der Waals surface area contributed by atoms with Crippen LogP contribution >= 0.6 is 0 Å². The number of carbonyl (C=O) groups is 1. The summed E-state index contributed by atoms with van der Waals surface area (Å²) in [5.41, 5.74) is 7.75. The van der Waals surface area contributed by atoms with Gasteiger partial charge in [-0.2, -0.15) is 0 Å². The van der Waals surface area contributed by atoms with Crippen molar-refractivity contribution in [1.82, 2.24) is 0 Å². The van der Waals surface area contributed by atoms with Crippen molar-refractivity contribution in [1.29, 1.82) is 0 Å². The first-order chi connectivity index (χ1) is 9.76. The van der Waals surface area contributed by atoms with Gasteiger partial charge in [-0.15, -0.1) is 0 Å². The molecular formula is C17H28N2O2. The molecule has 0 saturated carbocycles. The molecule has 0 aliphatic heterocycles. The van der Waals surface area contributed by atoms with Gasteiger partial charge in [0.2, 0.25) is 0 Å². The average molecular weight is 292 g/mol. The van der Waals surface area contributed by atoms with E-state index in [1.807, 2.05) is 32.9 Å². The Bertz CT molecular complexity index is 445. The molecule has 0 radical (unpaired) electrons. The molecule has 0 saturated heterocycles. The molecule has 1 aromatic carbocycles. The molecule has 0 spiro atoms. The van der Waals surface area contributed by atoms with Gasteiger partial charge in [0.1, 0.15) is 5.60 Å². The number of nitrogens with two attached hydrogens (primary N) is 1. The van der Waals surface area contributed by atoms with E-state index in [0.29, 0.717) is 0 Å². The lowest BCUT2D eigenvalue weighted by Gasteiger charge is -2.22. The van der Waals surface area contributed by atoms with Crippen LogP contribution in [0.3, 0.4) is 0 Å². The first kappa shape index (κ1) is 17.5. The van der Waals surface area contributed by atoms with E-state index in [2.05, 4.69) is 30.9 Å². The Morgan fingerprint density at radius 2 is 1.71 bits per heavy atom. The van der Waals surface area contributed by atoms with Crippen LogP contribution in [0, 0.1) is 0 Å². The van der Waals surface area contributed by atoms with Crippen LogP contribution in [0.4, 0.5) is 5.69 Å². The van der Waals surface area contributed by atoms with Crippen molar-refractivity contribution < 1.29 is 9.53 Å². The molecule has 2 N–H and O–H groups in total. The zero-order valence-electron chi connectivity index (χ0n) is 13.8. The molecule has 0 aromatic heterocycles. The molecular weight excluding hydrogens is 264 g/mol. The largest absolute Gasteiger partial charge is 0.460 e. The van der Waals surface area contributed by atoms with Crippen LogP contribution in [0.1, 0.15) is 52.6 Å². The van der Waals surface area contributed by atoms with E-state index in [1.165, 1.54) is 5.69 Å². The number of hydrogen-bond donors (Lipinski definition) is 1. The fourth-order valence-electron chi connectivity index (χ4n) is 2.20. The number of esters is 1. The summed E-state index contributed by atoms with van der Waals surface area (Å²) in [5.74, 6) is -0.261. The minimum atomic E-state index is -0.469. The van der Waals surface area contributed by atoms with Gasteiger partial charge in [0.05, 0.1) is 6.42 Å². The van der Waals surface area contributed by atoms with Gasteiger partial charge in [0.25, 0.3) is 0 Å². The maximum absolute atomic E-state index is 11.8. The molecule has 1 atom stereocenters. The zero-order chi connectivity index (χ0) is 16.0. The van der Waals surface area contributed by atoms with E-state index in [0.717, 1.165) is 18.7 Å². The van der Waals surface area contributed by atoms with Gasteiger partial charge >= 0.3 is 5.97 Å². The van der Waals surface area contributed by atoms with Crippen molar-refractivity contribution >= 4 is 11.7 Å². The van der Waals surface area contributed by atoms with Crippen LogP contribution in [0.15, 0.2) is 24.3 Å². The maximum Gasteiger partial charge on any atom is 0.308 e. The van der Waals surface area contributed by atoms with E-state index in [1.54, 1.807) is 0 Å². The van der Waals surface area contributed by atoms with Gasteiger partial charge in [-0.25, -0.2) is 0 Å². The Morgan fingerprint density at radius 1 is 1.19 bits per heavy atom. The topological polar surface area (TPSA) is 55.6 Å². The van der Waals surface area contributed by atoms with Crippen molar-refractivity contribution in [3.63, 3.8) is 0 Å². The molecule has 4 nitrogen and oxygen atoms in total. The highest BCUT2D eigenvalue weighted by molar-refractivity contribution is 5.71. The first-order valence-electron chi connectivity index (χ1n) is 7.59. The minimum absolute atomic E-state index is 0.196. The molecule has 0 amide bonds. The van der Waals surface area contributed by atoms with Crippen LogP contribution in [0.5, 0.6) is 0 Å². The predicted octanol–water partition coefficient (Wildman–Crippen LogP) is 3.26. The van der Waals surface area contributed by atoms with Crippen LogP contribution in [0.2, 0.25) is 0 Å². The molecule has 0 aliphatic carbocycles. The first-order valence-corrected chi connectivity index (χ1v) is 7.59. The van der Waals surface area contributed by atoms with Gasteiger partial charge in [-0.3, -0.25) is 4.79 Å². The third-order valence-corrected chi connectivity index (χ3v) is 3.26. The number of rotatable bonds is 6. The lowest BCUT2D eigenvalue weighted by Crippen LogP contribution is -2.26. The summed E-state index contributed by atoms with van der Waals surface area (Å²) in [5, 5.41) is 0. The van der Waals surface area contributed by atoms with Crippen molar-refractivity contribution in [3.05, 3.63) is 29.8 Å². The molecule has 4 heteroatoms. The monoisotopic (exact) mass is 292 g/mol. The number of nitrogens with zero attached hydrogens (tertiary/aromatic N) is 1. The van der Waals surface area contributed by atoms with Gasteiger partial charge < -0.3 is 15.4 Å². The second-order valence-electron chi connectivity index (χ2n) is 6.16. The Labute approximate surface area is 128 Å². The molecule has 118 valence electrons. The lowest BCUT2D eigenvalue weighted by molar-refractivity contribution is -0.155. The summed E-state index contributed by atoms with van der Waals surface area (Å²) >= 11 is 0. The second kappa shape index (κ2) is 7.46. The van der Waals surface area contributed by atoms with E-state index < -0.39 is 5.60 Å². The normalized spacial score (nSPS) is 12.9. The Morgan fingerprint density at radius 3 is 2.14 bits per heavy atom. The van der Waals surface area contributed by atoms with Crippen molar-refractivity contribution in [3.8, 4) is 0 Å². The van der Waals surface area contributed by atoms with Crippen LogP contribution in [-0.2, 0) is 9.53 Å². The van der Waals surface area contributed by atoms with Gasteiger partial charge in [-0.1, -0.05) is 12.1 Å². The highest BCUT2D eigenvalue weighted by Crippen LogP contribution is 2.21. The Balaban J connectivity index is 2.67. The molecule has 0 bridgehead atoms. The summed E-state index contributed by atoms with van der Waals surface area (Å²) in [6.07, 6.45) is 0.196. The molecule has 0 aliphatic rings. The zero-order valence-corrected chi connectivity index (χ0v) is 13.8. The van der Waals surface area contributed by atoms with Gasteiger partial charge in [0, 0.05) is 24.8 Å². The predicted molar refractivity (Wildman–Crippen MR) is 87.4 cm³/mol. The van der Waals surface area contributed by atoms with Gasteiger partial charge in [-0.05, 0) is 52.3 Å². The van der Waals surface area contributed by atoms with Crippen LogP contribution in [-0.4, -0.2) is 24.7 Å². The molecule has 0 fully saturated rings. The third-order valence-electron chi connectivity index (χ3n) is 3.26. The summed E-state index contributed by atoms with van der Waals surface area (Å²) < 4.78 is 5.30. The Kier molecular flexibility index (Phi) is 6.21. The van der Waals surface area contributed by atoms with E-state index in [9.17, 15) is 4.79 Å². The average Bonchev–Trinajstić information content (AvgIpc) is 2.38. The van der Waals surface area contributed by atoms with Crippen molar-refractivity contribution in [2.45, 2.75) is 52.7 Å². The van der Waals surface area contributed by atoms with Crippen molar-refractivity contribution in [2.75, 3.05) is 18.0 Å².